The highest BCUT2D eigenvalue weighted by molar-refractivity contribution is 6.06. The topological polar surface area (TPSA) is 84.0 Å². The molecule has 0 aliphatic heterocycles. The third-order valence-corrected chi connectivity index (χ3v) is 5.29. The van der Waals surface area contributed by atoms with Gasteiger partial charge in [0, 0.05) is 35.9 Å². The minimum atomic E-state index is -0.326. The second kappa shape index (κ2) is 9.03. The maximum Gasteiger partial charge on any atom is 0.323 e. The first-order chi connectivity index (χ1) is 15.2. The summed E-state index contributed by atoms with van der Waals surface area (Å²) in [4.78, 5) is 20.2. The first kappa shape index (κ1) is 21.3. The van der Waals surface area contributed by atoms with E-state index >= 15 is 0 Å². The SMILES string of the molecule is COc1ccccc1NC(=O)Nc1cccc2c1ccn2Cc1c[nH]c2ncccc12.Cl. The van der Waals surface area contributed by atoms with Crippen LogP contribution in [0.2, 0.25) is 0 Å². The largest absolute Gasteiger partial charge is 0.495 e. The number of anilines is 2. The fourth-order valence-electron chi connectivity index (χ4n) is 3.82. The maximum atomic E-state index is 12.6. The molecular weight excluding hydrogens is 426 g/mol. The molecule has 5 rings (SSSR count). The molecule has 0 aliphatic rings. The van der Waals surface area contributed by atoms with Gasteiger partial charge in [0.25, 0.3) is 0 Å². The second-order valence-corrected chi connectivity index (χ2v) is 7.17. The number of carbonyl (C=O) groups excluding carboxylic acids is 1. The minimum absolute atomic E-state index is 0. The summed E-state index contributed by atoms with van der Waals surface area (Å²) >= 11 is 0. The zero-order valence-electron chi connectivity index (χ0n) is 17.3. The number of pyridine rings is 1. The van der Waals surface area contributed by atoms with Crippen molar-refractivity contribution in [2.45, 2.75) is 6.54 Å². The van der Waals surface area contributed by atoms with E-state index in [2.05, 4.69) is 31.2 Å². The van der Waals surface area contributed by atoms with Gasteiger partial charge < -0.3 is 24.9 Å². The third kappa shape index (κ3) is 3.98. The van der Waals surface area contributed by atoms with E-state index in [-0.39, 0.29) is 18.4 Å². The van der Waals surface area contributed by atoms with Gasteiger partial charge in [-0.3, -0.25) is 0 Å². The van der Waals surface area contributed by atoms with Gasteiger partial charge in [0.15, 0.2) is 0 Å². The first-order valence-corrected chi connectivity index (χ1v) is 9.93. The Morgan fingerprint density at radius 3 is 2.69 bits per heavy atom. The fourth-order valence-corrected chi connectivity index (χ4v) is 3.82. The van der Waals surface area contributed by atoms with Gasteiger partial charge in [-0.25, -0.2) is 9.78 Å². The summed E-state index contributed by atoms with van der Waals surface area (Å²) in [6.07, 6.45) is 5.80. The van der Waals surface area contributed by atoms with Crippen molar-refractivity contribution in [3.05, 3.63) is 84.8 Å². The van der Waals surface area contributed by atoms with Crippen LogP contribution in [-0.4, -0.2) is 27.7 Å². The molecule has 7 nitrogen and oxygen atoms in total. The molecule has 3 heterocycles. The Hall–Kier alpha value is -3.97. The van der Waals surface area contributed by atoms with Crippen molar-refractivity contribution in [2.75, 3.05) is 17.7 Å². The number of H-pyrrole nitrogens is 1. The van der Waals surface area contributed by atoms with Crippen molar-refractivity contribution in [3.63, 3.8) is 0 Å². The number of hydrogen-bond acceptors (Lipinski definition) is 3. The van der Waals surface area contributed by atoms with E-state index in [1.54, 1.807) is 25.4 Å². The number of rotatable bonds is 5. The molecule has 162 valence electrons. The summed E-state index contributed by atoms with van der Waals surface area (Å²) in [7, 11) is 1.58. The van der Waals surface area contributed by atoms with Crippen LogP contribution in [0.1, 0.15) is 5.56 Å². The van der Waals surface area contributed by atoms with Crippen LogP contribution in [0.3, 0.4) is 0 Å². The molecule has 0 saturated carbocycles. The molecule has 0 saturated heterocycles. The van der Waals surface area contributed by atoms with Gasteiger partial charge in [-0.1, -0.05) is 18.2 Å². The number of benzene rings is 2. The number of halogens is 1. The number of ether oxygens (including phenoxy) is 1. The van der Waals surface area contributed by atoms with E-state index in [0.29, 0.717) is 18.0 Å². The molecule has 0 atom stereocenters. The van der Waals surface area contributed by atoms with Gasteiger partial charge in [0.2, 0.25) is 0 Å². The van der Waals surface area contributed by atoms with Crippen molar-refractivity contribution in [3.8, 4) is 5.75 Å². The lowest BCUT2D eigenvalue weighted by Gasteiger charge is -2.12. The number of carbonyl (C=O) groups is 1. The molecule has 8 heteroatoms. The summed E-state index contributed by atoms with van der Waals surface area (Å²) in [5.74, 6) is 0.607. The molecule has 2 amide bonds. The zero-order valence-corrected chi connectivity index (χ0v) is 18.1. The van der Waals surface area contributed by atoms with Crippen molar-refractivity contribution >= 4 is 51.7 Å². The van der Waals surface area contributed by atoms with Crippen LogP contribution in [0.4, 0.5) is 16.2 Å². The van der Waals surface area contributed by atoms with Crippen LogP contribution in [0.25, 0.3) is 21.9 Å². The fraction of sp³-hybridized carbons (Fsp3) is 0.0833. The Bertz CT molecular complexity index is 1390. The van der Waals surface area contributed by atoms with Gasteiger partial charge in [-0.15, -0.1) is 12.4 Å². The molecule has 0 radical (unpaired) electrons. The Morgan fingerprint density at radius 2 is 1.81 bits per heavy atom. The molecule has 3 aromatic heterocycles. The maximum absolute atomic E-state index is 12.6. The molecule has 0 bridgehead atoms. The molecular formula is C24H22ClN5O2. The smallest absolute Gasteiger partial charge is 0.323 e. The van der Waals surface area contributed by atoms with E-state index in [0.717, 1.165) is 33.2 Å². The van der Waals surface area contributed by atoms with Crippen LogP contribution < -0.4 is 15.4 Å². The van der Waals surface area contributed by atoms with Gasteiger partial charge in [0.1, 0.15) is 11.4 Å². The van der Waals surface area contributed by atoms with E-state index < -0.39 is 0 Å². The highest BCUT2D eigenvalue weighted by Crippen LogP contribution is 2.28. The van der Waals surface area contributed by atoms with Crippen LogP contribution >= 0.6 is 12.4 Å². The monoisotopic (exact) mass is 447 g/mol. The molecule has 32 heavy (non-hydrogen) atoms. The predicted molar refractivity (Wildman–Crippen MR) is 130 cm³/mol. The number of hydrogen-bond donors (Lipinski definition) is 3. The molecule has 3 N–H and O–H groups in total. The van der Waals surface area contributed by atoms with Crippen molar-refractivity contribution in [2.24, 2.45) is 0 Å². The molecule has 0 spiro atoms. The van der Waals surface area contributed by atoms with E-state index in [1.807, 2.05) is 54.9 Å². The lowest BCUT2D eigenvalue weighted by molar-refractivity contribution is 0.262. The Morgan fingerprint density at radius 1 is 1.00 bits per heavy atom. The highest BCUT2D eigenvalue weighted by atomic mass is 35.5. The average Bonchev–Trinajstić information content (AvgIpc) is 3.40. The van der Waals surface area contributed by atoms with Crippen LogP contribution in [0.15, 0.2) is 79.3 Å². The molecule has 2 aromatic carbocycles. The van der Waals surface area contributed by atoms with Gasteiger partial charge >= 0.3 is 6.03 Å². The lowest BCUT2D eigenvalue weighted by Crippen LogP contribution is -2.19. The van der Waals surface area contributed by atoms with E-state index in [1.165, 1.54) is 0 Å². The highest BCUT2D eigenvalue weighted by Gasteiger charge is 2.12. The second-order valence-electron chi connectivity index (χ2n) is 7.17. The first-order valence-electron chi connectivity index (χ1n) is 9.93. The average molecular weight is 448 g/mol. The third-order valence-electron chi connectivity index (χ3n) is 5.29. The van der Waals surface area contributed by atoms with Gasteiger partial charge in [-0.05, 0) is 48.0 Å². The number of fused-ring (bicyclic) bond motifs is 2. The summed E-state index contributed by atoms with van der Waals surface area (Å²) < 4.78 is 7.46. The molecule has 0 fully saturated rings. The number of aromatic amines is 1. The standard InChI is InChI=1S/C24H21N5O2.ClH/c1-31-22-10-3-2-7-20(22)28-24(30)27-19-8-4-9-21-18(19)11-13-29(21)15-16-14-26-23-17(16)6-5-12-25-23;/h2-14H,15H2,1H3,(H,25,26)(H2,27,28,30);1H. The van der Waals surface area contributed by atoms with Gasteiger partial charge in [0.05, 0.1) is 24.0 Å². The summed E-state index contributed by atoms with van der Waals surface area (Å²) in [6.45, 7) is 0.700. The molecule has 5 aromatic rings. The normalized spacial score (nSPS) is 10.7. The number of urea groups is 1. The minimum Gasteiger partial charge on any atom is -0.495 e. The summed E-state index contributed by atoms with van der Waals surface area (Å²) in [5.41, 5.74) is 4.43. The Labute approximate surface area is 190 Å². The number of nitrogens with zero attached hydrogens (tertiary/aromatic N) is 2. The number of methoxy groups -OCH3 is 1. The number of para-hydroxylation sites is 2. The predicted octanol–water partition coefficient (Wildman–Crippen LogP) is 5.64. The summed E-state index contributed by atoms with van der Waals surface area (Å²) in [6, 6.07) is 18.9. The van der Waals surface area contributed by atoms with Crippen LogP contribution in [0, 0.1) is 0 Å². The summed E-state index contributed by atoms with van der Waals surface area (Å²) in [5, 5.41) is 7.87. The van der Waals surface area contributed by atoms with E-state index in [9.17, 15) is 4.79 Å². The van der Waals surface area contributed by atoms with Gasteiger partial charge in [-0.2, -0.15) is 0 Å². The number of nitrogens with one attached hydrogen (secondary N) is 3. The van der Waals surface area contributed by atoms with Crippen molar-refractivity contribution in [1.29, 1.82) is 0 Å². The van der Waals surface area contributed by atoms with Crippen LogP contribution in [0.5, 0.6) is 5.75 Å². The Balaban J connectivity index is 0.00000245. The van der Waals surface area contributed by atoms with Crippen molar-refractivity contribution < 1.29 is 9.53 Å². The number of amides is 2. The van der Waals surface area contributed by atoms with Crippen LogP contribution in [-0.2, 0) is 6.54 Å². The number of aromatic nitrogens is 3. The van der Waals surface area contributed by atoms with E-state index in [4.69, 9.17) is 4.74 Å². The molecule has 0 unspecified atom stereocenters. The Kier molecular flexibility index (Phi) is 6.00. The van der Waals surface area contributed by atoms with Crippen molar-refractivity contribution in [1.82, 2.24) is 14.5 Å². The molecule has 0 aliphatic carbocycles. The lowest BCUT2D eigenvalue weighted by atomic mass is 10.2. The zero-order chi connectivity index (χ0) is 21.2. The quantitative estimate of drug-likeness (QED) is 0.326.